The first-order chi connectivity index (χ1) is 10.3. The monoisotopic (exact) mass is 294 g/mol. The van der Waals surface area contributed by atoms with Crippen molar-refractivity contribution in [2.24, 2.45) is 0 Å². The third-order valence-corrected chi connectivity index (χ3v) is 4.52. The van der Waals surface area contributed by atoms with Gasteiger partial charge in [0, 0.05) is 21.8 Å². The zero-order valence-electron chi connectivity index (χ0n) is 13.5. The van der Waals surface area contributed by atoms with E-state index in [1.54, 1.807) is 21.3 Å². The predicted octanol–water partition coefficient (Wildman–Crippen LogP) is 3.13. The Hall–Kier alpha value is -1.78. The number of hydrogen-bond acceptors (Lipinski definition) is 2. The van der Waals surface area contributed by atoms with Gasteiger partial charge in [-0.05, 0) is 45.3 Å². The second-order valence-corrected chi connectivity index (χ2v) is 6.75. The number of para-hydroxylation sites is 1. The van der Waals surface area contributed by atoms with Crippen molar-refractivity contribution in [3.05, 3.63) is 42.5 Å². The molecule has 0 aliphatic rings. The van der Waals surface area contributed by atoms with Crippen LogP contribution in [-0.2, 0) is 4.65 Å². The van der Waals surface area contributed by atoms with Gasteiger partial charge in [-0.25, -0.2) is 0 Å². The lowest BCUT2D eigenvalue weighted by molar-refractivity contribution is -0.0893. The Bertz CT molecular complexity index is 815. The smallest absolute Gasteiger partial charge is 0.331 e. The van der Waals surface area contributed by atoms with Gasteiger partial charge in [0.2, 0.25) is 0 Å². The highest BCUT2D eigenvalue weighted by Gasteiger charge is 2.35. The Morgan fingerprint density at radius 3 is 2.36 bits per heavy atom. The van der Waals surface area contributed by atoms with E-state index < -0.39 is 11.2 Å². The molecule has 0 bridgehead atoms. The van der Waals surface area contributed by atoms with E-state index >= 15 is 0 Å². The summed E-state index contributed by atoms with van der Waals surface area (Å²) in [5.41, 5.74) is 1.59. The largest absolute Gasteiger partial charge is 0.427 e. The van der Waals surface area contributed by atoms with E-state index in [2.05, 4.69) is 23.2 Å². The maximum atomic E-state index is 10.2. The van der Waals surface area contributed by atoms with Gasteiger partial charge in [-0.3, -0.25) is 0 Å². The topological polar surface area (TPSA) is 45.2 Å². The minimum atomic E-state index is -0.933. The molecule has 3 rings (SSSR count). The molecule has 1 heterocycles. The maximum absolute atomic E-state index is 10.2. The predicted molar refractivity (Wildman–Crippen MR) is 92.7 cm³/mol. The van der Waals surface area contributed by atoms with Crippen molar-refractivity contribution >= 4 is 34.8 Å². The van der Waals surface area contributed by atoms with Gasteiger partial charge in [0.1, 0.15) is 0 Å². The van der Waals surface area contributed by atoms with E-state index in [9.17, 15) is 5.11 Å². The van der Waals surface area contributed by atoms with Gasteiger partial charge in [-0.15, -0.1) is 0 Å². The third kappa shape index (κ3) is 2.53. The Morgan fingerprint density at radius 2 is 1.64 bits per heavy atom. The first-order valence-corrected chi connectivity index (χ1v) is 7.52. The zero-order valence-corrected chi connectivity index (χ0v) is 13.5. The average Bonchev–Trinajstić information content (AvgIpc) is 2.83. The van der Waals surface area contributed by atoms with Crippen LogP contribution in [0.15, 0.2) is 42.5 Å². The van der Waals surface area contributed by atoms with Crippen LogP contribution in [0.25, 0.3) is 21.8 Å². The fourth-order valence-corrected chi connectivity index (χ4v) is 2.38. The van der Waals surface area contributed by atoms with E-state index in [1.165, 1.54) is 5.39 Å². The molecule has 113 valence electrons. The van der Waals surface area contributed by atoms with E-state index in [0.29, 0.717) is 0 Å². The minimum Gasteiger partial charge on any atom is -0.427 e. The number of aromatic nitrogens is 1. The molecule has 22 heavy (non-hydrogen) atoms. The summed E-state index contributed by atoms with van der Waals surface area (Å²) in [7, 11) is 1.75. The molecule has 0 saturated heterocycles. The molecule has 2 N–H and O–H groups in total. The number of nitrogens with one attached hydrogen (secondary N) is 1. The minimum absolute atomic E-state index is 0.679. The van der Waals surface area contributed by atoms with Gasteiger partial charge < -0.3 is 14.7 Å². The summed E-state index contributed by atoms with van der Waals surface area (Å²) >= 11 is 0. The molecule has 0 fully saturated rings. The molecule has 2 aromatic carbocycles. The fraction of sp³-hybridized carbons (Fsp3) is 0.333. The van der Waals surface area contributed by atoms with E-state index in [0.717, 1.165) is 21.9 Å². The number of fused-ring (bicyclic) bond motifs is 3. The molecule has 0 amide bonds. The molecule has 0 atom stereocenters. The SMILES string of the molecule is CC(C)(O)C(C)(C)O[B]c1cccc2[nH]c3ccccc3c12. The van der Waals surface area contributed by atoms with Gasteiger partial charge >= 0.3 is 7.48 Å². The molecular formula is C18H21BNO2. The molecule has 0 aliphatic carbocycles. The van der Waals surface area contributed by atoms with Gasteiger partial charge in [0.15, 0.2) is 0 Å². The van der Waals surface area contributed by atoms with Crippen molar-refractivity contribution in [2.75, 3.05) is 0 Å². The van der Waals surface area contributed by atoms with Gasteiger partial charge in [0.05, 0.1) is 11.2 Å². The Morgan fingerprint density at radius 1 is 0.955 bits per heavy atom. The fourth-order valence-electron chi connectivity index (χ4n) is 2.38. The van der Waals surface area contributed by atoms with Crippen molar-refractivity contribution in [1.29, 1.82) is 0 Å². The van der Waals surface area contributed by atoms with Crippen LogP contribution in [0.4, 0.5) is 0 Å². The quantitative estimate of drug-likeness (QED) is 0.726. The molecule has 4 heteroatoms. The van der Waals surface area contributed by atoms with Gasteiger partial charge in [0.25, 0.3) is 0 Å². The Labute approximate surface area is 131 Å². The third-order valence-electron chi connectivity index (χ3n) is 4.52. The molecule has 0 unspecified atom stereocenters. The Kier molecular flexibility index (Phi) is 3.54. The summed E-state index contributed by atoms with van der Waals surface area (Å²) in [4.78, 5) is 3.42. The van der Waals surface area contributed by atoms with Crippen LogP contribution >= 0.6 is 0 Å². The summed E-state index contributed by atoms with van der Waals surface area (Å²) in [5, 5.41) is 12.5. The van der Waals surface area contributed by atoms with Crippen molar-refractivity contribution in [1.82, 2.24) is 4.98 Å². The molecule has 0 spiro atoms. The molecule has 1 radical (unpaired) electrons. The summed E-state index contributed by atoms with van der Waals surface area (Å²) in [5.74, 6) is 0. The first kappa shape index (κ1) is 15.1. The number of aliphatic hydroxyl groups is 1. The van der Waals surface area contributed by atoms with Crippen LogP contribution in [0, 0.1) is 0 Å². The number of rotatable bonds is 4. The highest BCUT2D eigenvalue weighted by Crippen LogP contribution is 2.26. The van der Waals surface area contributed by atoms with Crippen molar-refractivity contribution in [3.63, 3.8) is 0 Å². The van der Waals surface area contributed by atoms with Crippen LogP contribution in [0.3, 0.4) is 0 Å². The average molecular weight is 294 g/mol. The van der Waals surface area contributed by atoms with Crippen LogP contribution in [0.2, 0.25) is 0 Å². The van der Waals surface area contributed by atoms with Crippen LogP contribution in [-0.4, -0.2) is 28.8 Å². The van der Waals surface area contributed by atoms with Crippen LogP contribution in [0.5, 0.6) is 0 Å². The second kappa shape index (κ2) is 5.15. The van der Waals surface area contributed by atoms with E-state index in [1.807, 2.05) is 38.1 Å². The number of H-pyrrole nitrogens is 1. The summed E-state index contributed by atoms with van der Waals surface area (Å²) in [6, 6.07) is 14.3. The number of aromatic amines is 1. The maximum Gasteiger partial charge on any atom is 0.331 e. The lowest BCUT2D eigenvalue weighted by atomic mass is 9.80. The normalized spacial score (nSPS) is 13.0. The molecular weight excluding hydrogens is 273 g/mol. The highest BCUT2D eigenvalue weighted by atomic mass is 16.5. The van der Waals surface area contributed by atoms with Crippen molar-refractivity contribution < 1.29 is 9.76 Å². The van der Waals surface area contributed by atoms with Gasteiger partial charge in [-0.1, -0.05) is 30.3 Å². The van der Waals surface area contributed by atoms with Crippen molar-refractivity contribution in [2.45, 2.75) is 38.9 Å². The van der Waals surface area contributed by atoms with Crippen LogP contribution in [0.1, 0.15) is 27.7 Å². The number of benzene rings is 2. The van der Waals surface area contributed by atoms with E-state index in [4.69, 9.17) is 4.65 Å². The highest BCUT2D eigenvalue weighted by molar-refractivity contribution is 6.53. The van der Waals surface area contributed by atoms with Crippen molar-refractivity contribution in [3.8, 4) is 0 Å². The number of hydrogen-bond donors (Lipinski definition) is 2. The molecule has 0 aliphatic heterocycles. The second-order valence-electron chi connectivity index (χ2n) is 6.75. The zero-order chi connectivity index (χ0) is 16.0. The Balaban J connectivity index is 2.01. The summed E-state index contributed by atoms with van der Waals surface area (Å²) in [6.07, 6.45) is 0. The first-order valence-electron chi connectivity index (χ1n) is 7.52. The summed E-state index contributed by atoms with van der Waals surface area (Å²) in [6.45, 7) is 7.29. The van der Waals surface area contributed by atoms with Crippen LogP contribution < -0.4 is 5.46 Å². The molecule has 1 aromatic heterocycles. The van der Waals surface area contributed by atoms with Gasteiger partial charge in [-0.2, -0.15) is 0 Å². The molecule has 3 nitrogen and oxygen atoms in total. The lowest BCUT2D eigenvalue weighted by Crippen LogP contribution is -2.49. The summed E-state index contributed by atoms with van der Waals surface area (Å²) < 4.78 is 5.92. The lowest BCUT2D eigenvalue weighted by Gasteiger charge is -2.37. The molecule has 0 saturated carbocycles. The standard InChI is InChI=1S/C18H21BNO2/c1-17(2,21)18(3,4)22-19-13-9-7-11-15-16(13)12-8-5-6-10-14(12)20-15/h5-11,20-21H,1-4H3. The molecule has 3 aromatic rings. The van der Waals surface area contributed by atoms with E-state index in [-0.39, 0.29) is 0 Å².